The molecule has 4 nitrogen and oxygen atoms in total. The van der Waals surface area contributed by atoms with Crippen molar-refractivity contribution in [1.29, 1.82) is 0 Å². The van der Waals surface area contributed by atoms with Crippen LogP contribution in [0.1, 0.15) is 38.8 Å². The Hall–Kier alpha value is -4.31. The number of fused-ring (bicyclic) bond motifs is 3. The van der Waals surface area contributed by atoms with Crippen LogP contribution in [0.4, 0.5) is 0 Å². The first-order valence-corrected chi connectivity index (χ1v) is 14.8. The Kier molecular flexibility index (Phi) is 8.11. The largest absolute Gasteiger partial charge is 0.501 e. The van der Waals surface area contributed by atoms with Crippen molar-refractivity contribution in [2.45, 2.75) is 40.7 Å². The molecule has 0 aliphatic carbocycles. The monoisotopic (exact) mass is 752 g/mol. The summed E-state index contributed by atoms with van der Waals surface area (Å²) >= 11 is 0. The maximum Gasteiger partial charge on any atom is 0.120 e. The summed E-state index contributed by atoms with van der Waals surface area (Å²) in [4.78, 5) is 9.36. The van der Waals surface area contributed by atoms with E-state index in [1.165, 1.54) is 22.2 Å². The Morgan fingerprint density at radius 2 is 1.73 bits per heavy atom. The molecule has 0 N–H and O–H groups in total. The van der Waals surface area contributed by atoms with Gasteiger partial charge in [0.05, 0.1) is 22.4 Å². The fourth-order valence-corrected chi connectivity index (χ4v) is 5.97. The van der Waals surface area contributed by atoms with E-state index in [4.69, 9.17) is 9.40 Å². The van der Waals surface area contributed by atoms with Crippen molar-refractivity contribution in [1.82, 2.24) is 14.5 Å². The third-order valence-electron chi connectivity index (χ3n) is 7.88. The number of hydrogen-bond acceptors (Lipinski definition) is 3. The standard InChI is InChI=1S/C22H20NO.C17H13N2.Ir/c1-22(2,3)14-15-11-12-23-19(13-15)18-9-6-8-17-16-7-4-5-10-20(16)24-21(17)18;1-12-10-11-19-16-14(12)8-5-9-15(16)18-17(19)13-6-3-2-4-7-13;/h4-8,10-13H,14H2,1-3H3;2-6,8-10H,11H2,1H3;/q2*-1;. The molecule has 1 aliphatic rings. The van der Waals surface area contributed by atoms with Crippen LogP contribution in [-0.4, -0.2) is 14.5 Å². The SMILES string of the molecule is CC(C)(C)Cc1ccnc(-c2[c-]ccc3c2oc2ccccc23)c1.CC1=CCn2c(-c3[c-]cccc3)nc3cccc1c32.[Ir]. The van der Waals surface area contributed by atoms with Gasteiger partial charge in [0.15, 0.2) is 0 Å². The second kappa shape index (κ2) is 12.0. The number of aromatic nitrogens is 3. The molecule has 221 valence electrons. The van der Waals surface area contributed by atoms with Crippen molar-refractivity contribution in [2.75, 3.05) is 0 Å². The molecule has 0 fully saturated rings. The van der Waals surface area contributed by atoms with Crippen molar-refractivity contribution in [3.63, 3.8) is 0 Å². The molecule has 5 heteroatoms. The third-order valence-corrected chi connectivity index (χ3v) is 7.88. The molecule has 0 saturated heterocycles. The van der Waals surface area contributed by atoms with Gasteiger partial charge in [0.1, 0.15) is 5.58 Å². The zero-order valence-corrected chi connectivity index (χ0v) is 27.7. The number of hydrogen-bond donors (Lipinski definition) is 0. The van der Waals surface area contributed by atoms with Gasteiger partial charge in [-0.15, -0.1) is 54.1 Å². The molecule has 0 spiro atoms. The van der Waals surface area contributed by atoms with Gasteiger partial charge in [-0.2, -0.15) is 0 Å². The average Bonchev–Trinajstić information content (AvgIpc) is 3.58. The second-order valence-electron chi connectivity index (χ2n) is 12.4. The number of rotatable bonds is 3. The molecule has 4 aromatic carbocycles. The van der Waals surface area contributed by atoms with Gasteiger partial charge in [-0.3, -0.25) is 4.98 Å². The molecule has 4 heterocycles. The number of benzene rings is 4. The Bertz CT molecular complexity index is 2130. The number of allylic oxidation sites excluding steroid dienone is 2. The zero-order chi connectivity index (χ0) is 29.6. The van der Waals surface area contributed by atoms with E-state index < -0.39 is 0 Å². The van der Waals surface area contributed by atoms with E-state index in [1.54, 1.807) is 0 Å². The van der Waals surface area contributed by atoms with E-state index in [-0.39, 0.29) is 25.5 Å². The van der Waals surface area contributed by atoms with Crippen molar-refractivity contribution in [2.24, 2.45) is 5.41 Å². The van der Waals surface area contributed by atoms with Gasteiger partial charge in [0.2, 0.25) is 0 Å². The van der Waals surface area contributed by atoms with Gasteiger partial charge in [-0.25, -0.2) is 0 Å². The maximum atomic E-state index is 6.11. The molecular weight excluding hydrogens is 719 g/mol. The Balaban J connectivity index is 0.000000156. The molecule has 1 radical (unpaired) electrons. The average molecular weight is 752 g/mol. The van der Waals surface area contributed by atoms with Crippen LogP contribution in [0.15, 0.2) is 108 Å². The first-order chi connectivity index (χ1) is 20.9. The predicted molar refractivity (Wildman–Crippen MR) is 177 cm³/mol. The molecule has 1 aliphatic heterocycles. The van der Waals surface area contributed by atoms with E-state index >= 15 is 0 Å². The summed E-state index contributed by atoms with van der Waals surface area (Å²) in [6, 6.07) is 37.3. The van der Waals surface area contributed by atoms with Crippen molar-refractivity contribution >= 4 is 38.5 Å². The first-order valence-electron chi connectivity index (χ1n) is 14.8. The molecule has 0 amide bonds. The number of nitrogens with zero attached hydrogens (tertiary/aromatic N) is 3. The number of pyridine rings is 1. The van der Waals surface area contributed by atoms with E-state index in [0.29, 0.717) is 0 Å². The van der Waals surface area contributed by atoms with Crippen LogP contribution in [0, 0.1) is 17.5 Å². The van der Waals surface area contributed by atoms with Gasteiger partial charge in [0, 0.05) is 43.8 Å². The van der Waals surface area contributed by atoms with E-state index in [1.807, 2.05) is 48.7 Å². The van der Waals surface area contributed by atoms with E-state index in [9.17, 15) is 0 Å². The van der Waals surface area contributed by atoms with E-state index in [2.05, 4.69) is 104 Å². The molecule has 0 atom stereocenters. The molecule has 0 saturated carbocycles. The maximum absolute atomic E-state index is 6.11. The van der Waals surface area contributed by atoms with Crippen molar-refractivity contribution in [3.05, 3.63) is 127 Å². The molecule has 8 rings (SSSR count). The van der Waals surface area contributed by atoms with Gasteiger partial charge < -0.3 is 14.0 Å². The van der Waals surface area contributed by atoms with Crippen LogP contribution in [-0.2, 0) is 33.1 Å². The number of para-hydroxylation sites is 2. The Morgan fingerprint density at radius 1 is 0.886 bits per heavy atom. The normalized spacial score (nSPS) is 12.5. The van der Waals surface area contributed by atoms with Crippen molar-refractivity contribution in [3.8, 4) is 22.6 Å². The summed E-state index contributed by atoms with van der Waals surface area (Å²) in [6.07, 6.45) is 5.15. The minimum absolute atomic E-state index is 0. The van der Waals surface area contributed by atoms with Crippen molar-refractivity contribution < 1.29 is 24.5 Å². The summed E-state index contributed by atoms with van der Waals surface area (Å²) in [5.74, 6) is 1.01. The number of imidazole rings is 1. The Morgan fingerprint density at radius 3 is 2.55 bits per heavy atom. The minimum Gasteiger partial charge on any atom is -0.501 e. The summed E-state index contributed by atoms with van der Waals surface area (Å²) in [5.41, 5.74) is 11.1. The molecule has 7 aromatic rings. The summed E-state index contributed by atoms with van der Waals surface area (Å²) < 4.78 is 8.39. The quantitative estimate of drug-likeness (QED) is 0.169. The van der Waals surface area contributed by atoms with Gasteiger partial charge in [-0.05, 0) is 48.2 Å². The summed E-state index contributed by atoms with van der Waals surface area (Å²) in [6.45, 7) is 9.80. The van der Waals surface area contributed by atoms with Crippen LogP contribution in [0.2, 0.25) is 0 Å². The molecule has 3 aromatic heterocycles. The molecular formula is C39H33IrN3O-2. The zero-order valence-electron chi connectivity index (χ0n) is 25.3. The van der Waals surface area contributed by atoms with Gasteiger partial charge in [0.25, 0.3) is 0 Å². The van der Waals surface area contributed by atoms with Crippen LogP contribution in [0.25, 0.3) is 61.2 Å². The first kappa shape index (κ1) is 29.7. The Labute approximate surface area is 271 Å². The predicted octanol–water partition coefficient (Wildman–Crippen LogP) is 9.95. The second-order valence-corrected chi connectivity index (χ2v) is 12.4. The summed E-state index contributed by atoms with van der Waals surface area (Å²) in [5, 5.41) is 2.25. The number of furan rings is 1. The van der Waals surface area contributed by atoms with Gasteiger partial charge >= 0.3 is 0 Å². The molecule has 0 unspecified atom stereocenters. The smallest absolute Gasteiger partial charge is 0.120 e. The van der Waals surface area contributed by atoms with Crippen LogP contribution in [0.3, 0.4) is 0 Å². The topological polar surface area (TPSA) is 43.9 Å². The van der Waals surface area contributed by atoms with Crippen LogP contribution < -0.4 is 0 Å². The fraction of sp³-hybridized carbons (Fsp3) is 0.179. The van der Waals surface area contributed by atoms with E-state index in [0.717, 1.165) is 63.1 Å². The molecule has 44 heavy (non-hydrogen) atoms. The fourth-order valence-electron chi connectivity index (χ4n) is 5.97. The van der Waals surface area contributed by atoms with Crippen LogP contribution in [0.5, 0.6) is 0 Å². The summed E-state index contributed by atoms with van der Waals surface area (Å²) in [7, 11) is 0. The third kappa shape index (κ3) is 5.66. The van der Waals surface area contributed by atoms with Crippen LogP contribution >= 0.6 is 0 Å². The molecule has 0 bridgehead atoms. The minimum atomic E-state index is 0. The van der Waals surface area contributed by atoms with Gasteiger partial charge in [-0.1, -0.05) is 79.8 Å².